The molecule has 14 heavy (non-hydrogen) atoms. The zero-order valence-electron chi connectivity index (χ0n) is 8.57. The van der Waals surface area contributed by atoms with Crippen LogP contribution >= 0.6 is 11.5 Å². The second-order valence-corrected chi connectivity index (χ2v) is 5.31. The Labute approximate surface area is 88.9 Å². The van der Waals surface area contributed by atoms with Crippen molar-refractivity contribution in [2.24, 2.45) is 11.7 Å². The molecule has 1 aromatic heterocycles. The molecule has 3 nitrogen and oxygen atoms in total. The van der Waals surface area contributed by atoms with Crippen molar-refractivity contribution in [2.75, 3.05) is 0 Å². The van der Waals surface area contributed by atoms with E-state index in [-0.39, 0.29) is 5.54 Å². The standard InChI is InChI=1S/C10H17N3S/c1-8-4-2-3-5-10(8,11)6-9-7-12-13-14-9/h7-8H,2-6,11H2,1H3. The fourth-order valence-corrected chi connectivity index (χ4v) is 2.92. The van der Waals surface area contributed by atoms with E-state index >= 15 is 0 Å². The molecular formula is C10H17N3S. The van der Waals surface area contributed by atoms with Crippen LogP contribution in [0.1, 0.15) is 37.5 Å². The Kier molecular flexibility index (Phi) is 2.83. The van der Waals surface area contributed by atoms with Gasteiger partial charge in [-0.25, -0.2) is 0 Å². The summed E-state index contributed by atoms with van der Waals surface area (Å²) in [6.07, 6.45) is 7.81. The molecule has 2 N–H and O–H groups in total. The van der Waals surface area contributed by atoms with Crippen molar-refractivity contribution in [1.29, 1.82) is 0 Å². The van der Waals surface area contributed by atoms with Crippen LogP contribution in [0.4, 0.5) is 0 Å². The lowest BCUT2D eigenvalue weighted by molar-refractivity contribution is 0.205. The number of rotatable bonds is 2. The molecule has 0 amide bonds. The molecule has 0 bridgehead atoms. The van der Waals surface area contributed by atoms with Crippen molar-refractivity contribution >= 4 is 11.5 Å². The number of aromatic nitrogens is 2. The highest BCUT2D eigenvalue weighted by molar-refractivity contribution is 7.05. The maximum atomic E-state index is 6.44. The lowest BCUT2D eigenvalue weighted by atomic mass is 9.72. The molecule has 2 atom stereocenters. The van der Waals surface area contributed by atoms with Crippen molar-refractivity contribution < 1.29 is 0 Å². The number of nitrogens with zero attached hydrogens (tertiary/aromatic N) is 2. The van der Waals surface area contributed by atoms with Crippen LogP contribution in [-0.4, -0.2) is 15.1 Å². The van der Waals surface area contributed by atoms with Crippen molar-refractivity contribution in [3.05, 3.63) is 11.1 Å². The molecule has 0 spiro atoms. The van der Waals surface area contributed by atoms with Crippen LogP contribution in [0.2, 0.25) is 0 Å². The molecule has 1 saturated carbocycles. The van der Waals surface area contributed by atoms with Crippen LogP contribution in [0.3, 0.4) is 0 Å². The van der Waals surface area contributed by atoms with E-state index in [1.807, 2.05) is 6.20 Å². The monoisotopic (exact) mass is 211 g/mol. The third-order valence-electron chi connectivity index (χ3n) is 3.42. The predicted octanol–water partition coefficient (Wildman–Crippen LogP) is 1.99. The van der Waals surface area contributed by atoms with E-state index in [1.165, 1.54) is 35.7 Å². The molecular weight excluding hydrogens is 194 g/mol. The Hall–Kier alpha value is -0.480. The van der Waals surface area contributed by atoms with Crippen LogP contribution in [0, 0.1) is 5.92 Å². The third kappa shape index (κ3) is 1.96. The van der Waals surface area contributed by atoms with Crippen LogP contribution in [0.25, 0.3) is 0 Å². The van der Waals surface area contributed by atoms with Gasteiger partial charge in [-0.2, -0.15) is 0 Å². The summed E-state index contributed by atoms with van der Waals surface area (Å²) in [7, 11) is 0. The Morgan fingerprint density at radius 2 is 2.50 bits per heavy atom. The molecule has 0 aliphatic heterocycles. The van der Waals surface area contributed by atoms with Crippen molar-refractivity contribution in [2.45, 2.75) is 44.6 Å². The minimum Gasteiger partial charge on any atom is -0.325 e. The molecule has 1 heterocycles. The molecule has 0 saturated heterocycles. The first kappa shape index (κ1) is 10.1. The summed E-state index contributed by atoms with van der Waals surface area (Å²) in [5.74, 6) is 0.623. The van der Waals surface area contributed by atoms with Gasteiger partial charge >= 0.3 is 0 Å². The SMILES string of the molecule is CC1CCCCC1(N)Cc1cnns1. The molecule has 1 aliphatic carbocycles. The van der Waals surface area contributed by atoms with Gasteiger partial charge in [0.25, 0.3) is 0 Å². The molecule has 2 rings (SSSR count). The highest BCUT2D eigenvalue weighted by atomic mass is 32.1. The van der Waals surface area contributed by atoms with Gasteiger partial charge in [-0.05, 0) is 30.3 Å². The fourth-order valence-electron chi connectivity index (χ4n) is 2.29. The average Bonchev–Trinajstić information content (AvgIpc) is 2.63. The summed E-state index contributed by atoms with van der Waals surface area (Å²) >= 11 is 1.48. The van der Waals surface area contributed by atoms with Crippen LogP contribution in [0.5, 0.6) is 0 Å². The molecule has 1 aliphatic rings. The third-order valence-corrected chi connectivity index (χ3v) is 4.08. The highest BCUT2D eigenvalue weighted by Crippen LogP contribution is 2.34. The summed E-state index contributed by atoms with van der Waals surface area (Å²) < 4.78 is 3.88. The summed E-state index contributed by atoms with van der Waals surface area (Å²) in [5, 5.41) is 3.86. The van der Waals surface area contributed by atoms with E-state index in [9.17, 15) is 0 Å². The minimum absolute atomic E-state index is 0.00748. The van der Waals surface area contributed by atoms with E-state index in [2.05, 4.69) is 16.5 Å². The molecule has 2 unspecified atom stereocenters. The largest absolute Gasteiger partial charge is 0.325 e. The predicted molar refractivity (Wildman–Crippen MR) is 58.2 cm³/mol. The van der Waals surface area contributed by atoms with Crippen LogP contribution in [-0.2, 0) is 6.42 Å². The zero-order chi connectivity index (χ0) is 10.0. The second kappa shape index (κ2) is 3.95. The summed E-state index contributed by atoms with van der Waals surface area (Å²) in [4.78, 5) is 1.22. The second-order valence-electron chi connectivity index (χ2n) is 4.44. The summed E-state index contributed by atoms with van der Waals surface area (Å²) in [5.41, 5.74) is 6.44. The molecule has 4 heteroatoms. The average molecular weight is 211 g/mol. The first-order valence-corrected chi connectivity index (χ1v) is 6.03. The number of hydrogen-bond acceptors (Lipinski definition) is 4. The molecule has 1 aromatic rings. The number of nitrogens with two attached hydrogens (primary N) is 1. The van der Waals surface area contributed by atoms with Gasteiger partial charge in [-0.15, -0.1) is 5.10 Å². The van der Waals surface area contributed by atoms with Gasteiger partial charge in [0.1, 0.15) is 0 Å². The number of hydrogen-bond donors (Lipinski definition) is 1. The van der Waals surface area contributed by atoms with Gasteiger partial charge in [0.2, 0.25) is 0 Å². The van der Waals surface area contributed by atoms with Gasteiger partial charge in [0.15, 0.2) is 0 Å². The zero-order valence-corrected chi connectivity index (χ0v) is 9.39. The quantitative estimate of drug-likeness (QED) is 0.814. The minimum atomic E-state index is -0.00748. The Morgan fingerprint density at radius 3 is 3.14 bits per heavy atom. The summed E-state index contributed by atoms with van der Waals surface area (Å²) in [6.45, 7) is 2.27. The van der Waals surface area contributed by atoms with Crippen molar-refractivity contribution in [1.82, 2.24) is 9.59 Å². The first-order valence-electron chi connectivity index (χ1n) is 5.26. The van der Waals surface area contributed by atoms with Gasteiger partial charge in [-0.3, -0.25) is 0 Å². The Bertz CT molecular complexity index is 286. The molecule has 78 valence electrons. The van der Waals surface area contributed by atoms with Gasteiger partial charge < -0.3 is 5.73 Å². The molecule has 0 radical (unpaired) electrons. The Balaban J connectivity index is 2.07. The van der Waals surface area contributed by atoms with Crippen LogP contribution in [0.15, 0.2) is 6.20 Å². The lowest BCUT2D eigenvalue weighted by Crippen LogP contribution is -2.49. The highest BCUT2D eigenvalue weighted by Gasteiger charge is 2.34. The fraction of sp³-hybridized carbons (Fsp3) is 0.800. The van der Waals surface area contributed by atoms with E-state index in [4.69, 9.17) is 5.73 Å². The van der Waals surface area contributed by atoms with E-state index in [0.717, 1.165) is 12.8 Å². The van der Waals surface area contributed by atoms with Gasteiger partial charge in [0, 0.05) is 16.8 Å². The smallest absolute Gasteiger partial charge is 0.0653 e. The topological polar surface area (TPSA) is 51.8 Å². The lowest BCUT2D eigenvalue weighted by Gasteiger charge is -2.39. The normalized spacial score (nSPS) is 33.1. The van der Waals surface area contributed by atoms with Gasteiger partial charge in [0.05, 0.1) is 6.20 Å². The van der Waals surface area contributed by atoms with Crippen molar-refractivity contribution in [3.8, 4) is 0 Å². The molecule has 1 fully saturated rings. The maximum Gasteiger partial charge on any atom is 0.0653 e. The van der Waals surface area contributed by atoms with E-state index in [0.29, 0.717) is 5.92 Å². The first-order chi connectivity index (χ1) is 6.71. The van der Waals surface area contributed by atoms with Crippen molar-refractivity contribution in [3.63, 3.8) is 0 Å². The summed E-state index contributed by atoms with van der Waals surface area (Å²) in [6, 6.07) is 0. The van der Waals surface area contributed by atoms with Crippen LogP contribution < -0.4 is 5.73 Å². The van der Waals surface area contributed by atoms with Gasteiger partial charge in [-0.1, -0.05) is 24.3 Å². The Morgan fingerprint density at radius 1 is 1.64 bits per heavy atom. The van der Waals surface area contributed by atoms with E-state index in [1.54, 1.807) is 0 Å². The molecule has 0 aromatic carbocycles. The van der Waals surface area contributed by atoms with E-state index < -0.39 is 0 Å². The maximum absolute atomic E-state index is 6.44.